The van der Waals surface area contributed by atoms with Gasteiger partial charge in [0.2, 0.25) is 0 Å². The lowest BCUT2D eigenvalue weighted by atomic mass is 10.2. The molecule has 3 aromatic rings. The molecular formula is C18H16FN5O2S. The first kappa shape index (κ1) is 18.5. The van der Waals surface area contributed by atoms with Crippen LogP contribution in [0.15, 0.2) is 59.9 Å². The summed E-state index contributed by atoms with van der Waals surface area (Å²) in [6.07, 6.45) is 3.31. The minimum atomic E-state index is -0.667. The van der Waals surface area contributed by atoms with E-state index in [1.54, 1.807) is 41.0 Å². The van der Waals surface area contributed by atoms with Crippen LogP contribution < -0.4 is 16.4 Å². The normalized spacial score (nSPS) is 10.4. The lowest BCUT2D eigenvalue weighted by molar-refractivity contribution is 0.102. The Morgan fingerprint density at radius 1 is 1.04 bits per heavy atom. The molecule has 0 bridgehead atoms. The van der Waals surface area contributed by atoms with Crippen LogP contribution in [0.1, 0.15) is 10.5 Å². The van der Waals surface area contributed by atoms with Crippen molar-refractivity contribution in [2.45, 2.75) is 5.16 Å². The van der Waals surface area contributed by atoms with Crippen LogP contribution in [0.3, 0.4) is 0 Å². The number of anilines is 2. The number of urea groups is 1. The molecule has 0 aliphatic rings. The number of carbonyl (C=O) groups is 2. The van der Waals surface area contributed by atoms with Crippen LogP contribution in [-0.4, -0.2) is 27.7 Å². The number of halogens is 1. The highest BCUT2D eigenvalue weighted by molar-refractivity contribution is 7.98. The number of hydrogen-bond acceptors (Lipinski definition) is 4. The number of thioether (sulfide) groups is 1. The molecule has 4 N–H and O–H groups in total. The number of rotatable bonds is 5. The van der Waals surface area contributed by atoms with Crippen LogP contribution in [0, 0.1) is 5.82 Å². The number of nitrogens with zero attached hydrogens (tertiary/aromatic N) is 2. The fourth-order valence-corrected chi connectivity index (χ4v) is 3.00. The Labute approximate surface area is 158 Å². The Kier molecular flexibility index (Phi) is 5.41. The van der Waals surface area contributed by atoms with E-state index in [9.17, 15) is 14.0 Å². The third kappa shape index (κ3) is 4.26. The maximum Gasteiger partial charge on any atom is 0.316 e. The second-order valence-corrected chi connectivity index (χ2v) is 6.24. The molecule has 9 heteroatoms. The van der Waals surface area contributed by atoms with Gasteiger partial charge < -0.3 is 16.4 Å². The molecular weight excluding hydrogens is 369 g/mol. The third-order valence-electron chi connectivity index (χ3n) is 3.64. The number of carbonyl (C=O) groups excluding carboxylic acids is 2. The van der Waals surface area contributed by atoms with Crippen molar-refractivity contribution in [1.82, 2.24) is 9.55 Å². The van der Waals surface area contributed by atoms with Crippen molar-refractivity contribution in [2.24, 2.45) is 5.73 Å². The summed E-state index contributed by atoms with van der Waals surface area (Å²) in [7, 11) is 0. The Hall–Kier alpha value is -3.33. The second-order valence-electron chi connectivity index (χ2n) is 5.46. The predicted molar refractivity (Wildman–Crippen MR) is 103 cm³/mol. The molecule has 2 aromatic carbocycles. The molecule has 0 atom stereocenters. The van der Waals surface area contributed by atoms with Crippen LogP contribution >= 0.6 is 11.8 Å². The minimum Gasteiger partial charge on any atom is -0.351 e. The van der Waals surface area contributed by atoms with Crippen LogP contribution in [0.4, 0.5) is 20.6 Å². The molecule has 27 heavy (non-hydrogen) atoms. The maximum absolute atomic E-state index is 13.2. The first-order valence-electron chi connectivity index (χ1n) is 7.83. The van der Waals surface area contributed by atoms with Gasteiger partial charge in [-0.2, -0.15) is 0 Å². The number of nitrogens with one attached hydrogen (secondary N) is 2. The fourth-order valence-electron chi connectivity index (χ4n) is 2.45. The number of imidazole rings is 1. The Morgan fingerprint density at radius 3 is 2.19 bits per heavy atom. The Morgan fingerprint density at radius 2 is 1.63 bits per heavy atom. The Bertz CT molecular complexity index is 970. The van der Waals surface area contributed by atoms with E-state index in [-0.39, 0.29) is 11.7 Å². The summed E-state index contributed by atoms with van der Waals surface area (Å²) >= 11 is 1.37. The highest BCUT2D eigenvalue weighted by Gasteiger charge is 2.18. The number of hydrogen-bond donors (Lipinski definition) is 3. The highest BCUT2D eigenvalue weighted by Crippen LogP contribution is 2.23. The fraction of sp³-hybridized carbons (Fsp3) is 0.0556. The second kappa shape index (κ2) is 7.92. The summed E-state index contributed by atoms with van der Waals surface area (Å²) in [5, 5.41) is 5.82. The van der Waals surface area contributed by atoms with Gasteiger partial charge in [0.15, 0.2) is 5.16 Å². The van der Waals surface area contributed by atoms with Crippen molar-refractivity contribution in [1.29, 1.82) is 0 Å². The van der Waals surface area contributed by atoms with Gasteiger partial charge in [-0.25, -0.2) is 14.2 Å². The number of primary amides is 1. The average molecular weight is 385 g/mol. The van der Waals surface area contributed by atoms with Crippen LogP contribution in [-0.2, 0) is 0 Å². The van der Waals surface area contributed by atoms with E-state index in [2.05, 4.69) is 15.6 Å². The SMILES string of the molecule is CSc1ncc(C(=O)Nc2ccc(NC(N)=O)cc2)n1-c1ccc(F)cc1. The van der Waals surface area contributed by atoms with E-state index in [1.165, 1.54) is 30.1 Å². The molecule has 7 nitrogen and oxygen atoms in total. The molecule has 3 rings (SSSR count). The quantitative estimate of drug-likeness (QED) is 0.585. The van der Waals surface area contributed by atoms with Crippen LogP contribution in [0.5, 0.6) is 0 Å². The van der Waals surface area contributed by atoms with Crippen LogP contribution in [0.25, 0.3) is 5.69 Å². The smallest absolute Gasteiger partial charge is 0.316 e. The molecule has 1 aromatic heterocycles. The van der Waals surface area contributed by atoms with Gasteiger partial charge in [-0.3, -0.25) is 9.36 Å². The molecule has 0 fully saturated rings. The van der Waals surface area contributed by atoms with Gasteiger partial charge in [-0.15, -0.1) is 0 Å². The molecule has 3 amide bonds. The summed E-state index contributed by atoms with van der Waals surface area (Å²) in [5.74, 6) is -0.733. The molecule has 0 aliphatic carbocycles. The van der Waals surface area contributed by atoms with Gasteiger partial charge >= 0.3 is 6.03 Å². The van der Waals surface area contributed by atoms with Crippen molar-refractivity contribution < 1.29 is 14.0 Å². The van der Waals surface area contributed by atoms with E-state index in [1.807, 2.05) is 6.26 Å². The van der Waals surface area contributed by atoms with Crippen molar-refractivity contribution in [3.05, 3.63) is 66.2 Å². The van der Waals surface area contributed by atoms with E-state index >= 15 is 0 Å². The monoisotopic (exact) mass is 385 g/mol. The number of nitrogens with two attached hydrogens (primary N) is 1. The van der Waals surface area contributed by atoms with E-state index < -0.39 is 6.03 Å². The third-order valence-corrected chi connectivity index (χ3v) is 4.29. The molecule has 0 radical (unpaired) electrons. The lowest BCUT2D eigenvalue weighted by Crippen LogP contribution is -2.19. The average Bonchev–Trinajstić information content (AvgIpc) is 3.08. The standard InChI is InChI=1S/C18H16FN5O2S/c1-27-18-21-10-15(24(18)14-8-2-11(19)3-9-14)16(25)22-12-4-6-13(7-5-12)23-17(20)26/h2-10H,1H3,(H,22,25)(H3,20,23,26). The molecule has 138 valence electrons. The number of amides is 3. The molecule has 0 aliphatic heterocycles. The zero-order valence-corrected chi connectivity index (χ0v) is 15.1. The zero-order valence-electron chi connectivity index (χ0n) is 14.3. The summed E-state index contributed by atoms with van der Waals surface area (Å²) < 4.78 is 14.9. The largest absolute Gasteiger partial charge is 0.351 e. The first-order chi connectivity index (χ1) is 13.0. The van der Waals surface area contributed by atoms with Gasteiger partial charge in [-0.1, -0.05) is 11.8 Å². The predicted octanol–water partition coefficient (Wildman–Crippen LogP) is 3.48. The van der Waals surface area contributed by atoms with Crippen molar-refractivity contribution >= 4 is 35.1 Å². The van der Waals surface area contributed by atoms with Crippen molar-refractivity contribution in [2.75, 3.05) is 16.9 Å². The van der Waals surface area contributed by atoms with E-state index in [0.717, 1.165) is 0 Å². The summed E-state index contributed by atoms with van der Waals surface area (Å²) in [5.41, 5.74) is 7.05. The number of aromatic nitrogens is 2. The highest BCUT2D eigenvalue weighted by atomic mass is 32.2. The van der Waals surface area contributed by atoms with Gasteiger partial charge in [0.05, 0.1) is 6.20 Å². The Balaban J connectivity index is 1.86. The zero-order chi connectivity index (χ0) is 19.4. The maximum atomic E-state index is 13.2. The van der Waals surface area contributed by atoms with Crippen molar-refractivity contribution in [3.63, 3.8) is 0 Å². The summed E-state index contributed by atoms with van der Waals surface area (Å²) in [6, 6.07) is 11.6. The van der Waals surface area contributed by atoms with Gasteiger partial charge in [0, 0.05) is 17.1 Å². The minimum absolute atomic E-state index is 0.310. The summed E-state index contributed by atoms with van der Waals surface area (Å²) in [6.45, 7) is 0. The van der Waals surface area contributed by atoms with Crippen LogP contribution in [0.2, 0.25) is 0 Å². The molecule has 0 saturated carbocycles. The lowest BCUT2D eigenvalue weighted by Gasteiger charge is -2.11. The molecule has 0 spiro atoms. The summed E-state index contributed by atoms with van der Waals surface area (Å²) in [4.78, 5) is 27.8. The van der Waals surface area contributed by atoms with Gasteiger partial charge in [0.1, 0.15) is 11.5 Å². The van der Waals surface area contributed by atoms with Gasteiger partial charge in [0.25, 0.3) is 5.91 Å². The van der Waals surface area contributed by atoms with Crippen molar-refractivity contribution in [3.8, 4) is 5.69 Å². The number of benzene rings is 2. The first-order valence-corrected chi connectivity index (χ1v) is 9.06. The molecule has 0 unspecified atom stereocenters. The van der Waals surface area contributed by atoms with Gasteiger partial charge in [-0.05, 0) is 54.8 Å². The van der Waals surface area contributed by atoms with E-state index in [4.69, 9.17) is 5.73 Å². The van der Waals surface area contributed by atoms with E-state index in [0.29, 0.717) is 27.9 Å². The topological polar surface area (TPSA) is 102 Å². The molecule has 0 saturated heterocycles. The molecule has 1 heterocycles.